The molecule has 2 aromatic heterocycles. The van der Waals surface area contributed by atoms with Gasteiger partial charge in [0.15, 0.2) is 0 Å². The lowest BCUT2D eigenvalue weighted by Crippen LogP contribution is -2.46. The van der Waals surface area contributed by atoms with Crippen molar-refractivity contribution in [3.05, 3.63) is 59.3 Å². The van der Waals surface area contributed by atoms with Gasteiger partial charge in [-0.05, 0) is 45.0 Å². The molecule has 0 bridgehead atoms. The number of benzene rings is 1. The first-order valence-corrected chi connectivity index (χ1v) is 12.4. The van der Waals surface area contributed by atoms with E-state index in [1.54, 1.807) is 25.4 Å². The van der Waals surface area contributed by atoms with Crippen LogP contribution in [0.15, 0.2) is 36.7 Å². The van der Waals surface area contributed by atoms with E-state index in [1.807, 2.05) is 12.1 Å². The van der Waals surface area contributed by atoms with Gasteiger partial charge in [-0.15, -0.1) is 0 Å². The molecule has 188 valence electrons. The Bertz CT molecular complexity index is 1320. The molecular weight excluding hydrogens is 461 g/mol. The zero-order valence-corrected chi connectivity index (χ0v) is 20.5. The SMILES string of the molecule is Cc1c(F)cccc1Nc1c(-c2ccncc2OCC2COCCN2C)[nH]c2c1C(=O)NCC21CC1. The molecule has 6 rings (SSSR count). The summed E-state index contributed by atoms with van der Waals surface area (Å²) >= 11 is 0. The second kappa shape index (κ2) is 8.90. The smallest absolute Gasteiger partial charge is 0.255 e. The van der Waals surface area contributed by atoms with E-state index in [0.717, 1.165) is 42.9 Å². The highest BCUT2D eigenvalue weighted by Gasteiger charge is 2.51. The highest BCUT2D eigenvalue weighted by Crippen LogP contribution is 2.54. The number of halogens is 1. The van der Waals surface area contributed by atoms with E-state index in [9.17, 15) is 9.18 Å². The van der Waals surface area contributed by atoms with Crippen LogP contribution in [-0.4, -0.2) is 66.8 Å². The van der Waals surface area contributed by atoms with E-state index >= 15 is 0 Å². The maximum absolute atomic E-state index is 14.4. The van der Waals surface area contributed by atoms with Gasteiger partial charge in [-0.1, -0.05) is 6.07 Å². The Morgan fingerprint density at radius 1 is 1.33 bits per heavy atom. The van der Waals surface area contributed by atoms with Gasteiger partial charge in [0, 0.05) is 47.2 Å². The Kier molecular flexibility index (Phi) is 5.69. The zero-order chi connectivity index (χ0) is 24.9. The number of amides is 1. The number of ether oxygens (including phenoxy) is 2. The summed E-state index contributed by atoms with van der Waals surface area (Å²) in [6, 6.07) is 6.93. The van der Waals surface area contributed by atoms with Crippen LogP contribution in [0.3, 0.4) is 0 Å². The van der Waals surface area contributed by atoms with Crippen molar-refractivity contribution in [2.24, 2.45) is 0 Å². The number of H-pyrrole nitrogens is 1. The Labute approximate surface area is 209 Å². The molecular formula is C27H30FN5O3. The van der Waals surface area contributed by atoms with Crippen molar-refractivity contribution in [2.75, 3.05) is 45.3 Å². The van der Waals surface area contributed by atoms with Gasteiger partial charge in [-0.3, -0.25) is 14.7 Å². The standard InChI is InChI=1S/C27H30FN5O3/c1-16-19(28)4-3-5-20(16)31-24-22-25(27(7-8-27)15-30-26(22)34)32-23(24)18-6-9-29-12-21(18)36-14-17-13-35-11-10-33(17)2/h3-6,9,12,17,31-32H,7-8,10-11,13-15H2,1-2H3,(H,30,34). The van der Waals surface area contributed by atoms with Crippen LogP contribution in [0.25, 0.3) is 11.3 Å². The maximum atomic E-state index is 14.4. The predicted octanol–water partition coefficient (Wildman–Crippen LogP) is 3.75. The van der Waals surface area contributed by atoms with Gasteiger partial charge in [-0.2, -0.15) is 0 Å². The number of likely N-dealkylation sites (N-methyl/N-ethyl adjacent to an activating group) is 1. The summed E-state index contributed by atoms with van der Waals surface area (Å²) in [5.74, 6) is 0.166. The third-order valence-corrected chi connectivity index (χ3v) is 7.73. The fourth-order valence-corrected chi connectivity index (χ4v) is 5.13. The molecule has 3 aromatic rings. The second-order valence-corrected chi connectivity index (χ2v) is 10.0. The zero-order valence-electron chi connectivity index (χ0n) is 20.5. The van der Waals surface area contributed by atoms with Crippen molar-refractivity contribution < 1.29 is 18.7 Å². The number of hydrogen-bond acceptors (Lipinski definition) is 6. The van der Waals surface area contributed by atoms with Gasteiger partial charge < -0.3 is 25.1 Å². The van der Waals surface area contributed by atoms with Crippen LogP contribution in [0.2, 0.25) is 0 Å². The molecule has 9 heteroatoms. The lowest BCUT2D eigenvalue weighted by Gasteiger charge is -2.32. The number of hydrogen-bond donors (Lipinski definition) is 3. The molecule has 1 saturated heterocycles. The highest BCUT2D eigenvalue weighted by molar-refractivity contribution is 6.07. The molecule has 3 aliphatic rings. The van der Waals surface area contributed by atoms with Gasteiger partial charge in [0.25, 0.3) is 5.91 Å². The van der Waals surface area contributed by atoms with E-state index in [0.29, 0.717) is 48.0 Å². The summed E-state index contributed by atoms with van der Waals surface area (Å²) in [6.07, 6.45) is 5.42. The Balaban J connectivity index is 1.43. The van der Waals surface area contributed by atoms with Crippen LogP contribution in [0.5, 0.6) is 5.75 Å². The second-order valence-electron chi connectivity index (χ2n) is 10.0. The van der Waals surface area contributed by atoms with Gasteiger partial charge in [0.2, 0.25) is 0 Å². The molecule has 4 heterocycles. The normalized spacial score (nSPS) is 20.6. The fraction of sp³-hybridized carbons (Fsp3) is 0.407. The number of rotatable bonds is 6. The Hall–Kier alpha value is -3.43. The number of carbonyl (C=O) groups is 1. The van der Waals surface area contributed by atoms with Crippen LogP contribution in [0, 0.1) is 12.7 Å². The number of pyridine rings is 1. The minimum Gasteiger partial charge on any atom is -0.490 e. The molecule has 3 N–H and O–H groups in total. The highest BCUT2D eigenvalue weighted by atomic mass is 19.1. The van der Waals surface area contributed by atoms with Gasteiger partial charge >= 0.3 is 0 Å². The van der Waals surface area contributed by atoms with Crippen LogP contribution in [0.1, 0.15) is 34.5 Å². The van der Waals surface area contributed by atoms with Crippen molar-refractivity contribution in [1.29, 1.82) is 0 Å². The number of nitrogens with one attached hydrogen (secondary N) is 3. The molecule has 0 radical (unpaired) electrons. The van der Waals surface area contributed by atoms with Gasteiger partial charge in [0.1, 0.15) is 18.2 Å². The molecule has 1 amide bonds. The summed E-state index contributed by atoms with van der Waals surface area (Å²) in [6.45, 7) is 4.98. The van der Waals surface area contributed by atoms with Crippen molar-refractivity contribution in [1.82, 2.24) is 20.2 Å². The first-order chi connectivity index (χ1) is 17.5. The first-order valence-electron chi connectivity index (χ1n) is 12.4. The Morgan fingerprint density at radius 2 is 2.19 bits per heavy atom. The number of anilines is 2. The first kappa shape index (κ1) is 23.0. The van der Waals surface area contributed by atoms with Crippen molar-refractivity contribution in [2.45, 2.75) is 31.2 Å². The molecule has 8 nitrogen and oxygen atoms in total. The van der Waals surface area contributed by atoms with E-state index in [1.165, 1.54) is 6.07 Å². The quantitative estimate of drug-likeness (QED) is 0.487. The monoisotopic (exact) mass is 491 g/mol. The number of aromatic amines is 1. The fourth-order valence-electron chi connectivity index (χ4n) is 5.13. The number of fused-ring (bicyclic) bond motifs is 2. The summed E-state index contributed by atoms with van der Waals surface area (Å²) in [7, 11) is 2.07. The topological polar surface area (TPSA) is 91.5 Å². The maximum Gasteiger partial charge on any atom is 0.255 e. The van der Waals surface area contributed by atoms with Gasteiger partial charge in [-0.25, -0.2) is 4.39 Å². The van der Waals surface area contributed by atoms with Gasteiger partial charge in [0.05, 0.1) is 42.4 Å². The molecule has 1 atom stereocenters. The summed E-state index contributed by atoms with van der Waals surface area (Å²) in [5.41, 5.74) is 4.68. The average molecular weight is 492 g/mol. The van der Waals surface area contributed by atoms with Crippen molar-refractivity contribution in [3.63, 3.8) is 0 Å². The average Bonchev–Trinajstić information content (AvgIpc) is 3.56. The molecule has 1 spiro atoms. The summed E-state index contributed by atoms with van der Waals surface area (Å²) in [5, 5.41) is 6.45. The summed E-state index contributed by atoms with van der Waals surface area (Å²) < 4.78 is 26.3. The number of aromatic nitrogens is 2. The van der Waals surface area contributed by atoms with Crippen LogP contribution in [-0.2, 0) is 10.2 Å². The molecule has 1 aliphatic carbocycles. The molecule has 1 aromatic carbocycles. The number of carbonyl (C=O) groups excluding carboxylic acids is 1. The number of nitrogens with zero attached hydrogens (tertiary/aromatic N) is 2. The van der Waals surface area contributed by atoms with Crippen molar-refractivity contribution in [3.8, 4) is 17.0 Å². The third-order valence-electron chi connectivity index (χ3n) is 7.73. The molecule has 2 fully saturated rings. The Morgan fingerprint density at radius 3 is 3.00 bits per heavy atom. The van der Waals surface area contributed by atoms with Crippen LogP contribution < -0.4 is 15.4 Å². The minimum atomic E-state index is -0.305. The minimum absolute atomic E-state index is 0.0783. The van der Waals surface area contributed by atoms with Crippen LogP contribution in [0.4, 0.5) is 15.8 Å². The van der Waals surface area contributed by atoms with E-state index in [-0.39, 0.29) is 23.2 Å². The van der Waals surface area contributed by atoms with E-state index in [2.05, 4.69) is 32.5 Å². The molecule has 1 saturated carbocycles. The van der Waals surface area contributed by atoms with E-state index < -0.39 is 0 Å². The van der Waals surface area contributed by atoms with Crippen molar-refractivity contribution >= 4 is 17.3 Å². The molecule has 2 aliphatic heterocycles. The molecule has 36 heavy (non-hydrogen) atoms. The predicted molar refractivity (Wildman–Crippen MR) is 134 cm³/mol. The number of morpholine rings is 1. The largest absolute Gasteiger partial charge is 0.490 e. The molecule has 1 unspecified atom stereocenters. The van der Waals surface area contributed by atoms with E-state index in [4.69, 9.17) is 9.47 Å². The lowest BCUT2D eigenvalue weighted by molar-refractivity contribution is -0.0107. The third kappa shape index (κ3) is 3.92. The van der Waals surface area contributed by atoms with Crippen LogP contribution >= 0.6 is 0 Å². The summed E-state index contributed by atoms with van der Waals surface area (Å²) in [4.78, 5) is 23.3. The lowest BCUT2D eigenvalue weighted by atomic mass is 9.93.